The summed E-state index contributed by atoms with van der Waals surface area (Å²) in [5.74, 6) is 0.0715. The van der Waals surface area contributed by atoms with Gasteiger partial charge < -0.3 is 4.74 Å². The highest BCUT2D eigenvalue weighted by molar-refractivity contribution is 9.10. The van der Waals surface area contributed by atoms with Crippen LogP contribution in [0.3, 0.4) is 0 Å². The maximum absolute atomic E-state index is 11.6. The molecule has 0 atom stereocenters. The smallest absolute Gasteiger partial charge is 0.378 e. The summed E-state index contributed by atoms with van der Waals surface area (Å²) in [7, 11) is 1.71. The molecule has 0 saturated heterocycles. The van der Waals surface area contributed by atoms with Gasteiger partial charge >= 0.3 is 5.97 Å². The van der Waals surface area contributed by atoms with Gasteiger partial charge in [-0.15, -0.1) is 5.10 Å². The lowest BCUT2D eigenvalue weighted by Gasteiger charge is -2.03. The van der Waals surface area contributed by atoms with Crippen LogP contribution in [-0.4, -0.2) is 27.3 Å². The van der Waals surface area contributed by atoms with Gasteiger partial charge in [0, 0.05) is 22.1 Å². The molecule has 0 fully saturated rings. The van der Waals surface area contributed by atoms with E-state index in [-0.39, 0.29) is 12.4 Å². The molecule has 1 aromatic carbocycles. The fraction of sp³-hybridized carbons (Fsp3) is 0.250. The van der Waals surface area contributed by atoms with E-state index in [4.69, 9.17) is 16.3 Å². The Kier molecular flexibility index (Phi) is 4.21. The van der Waals surface area contributed by atoms with Crippen LogP contribution in [0.15, 0.2) is 22.7 Å². The quantitative estimate of drug-likeness (QED) is 0.803. The molecule has 1 heterocycles. The largest absolute Gasteiger partial charge is 0.460 e. The van der Waals surface area contributed by atoms with Crippen molar-refractivity contribution in [3.63, 3.8) is 0 Å². The number of halogens is 2. The molecule has 0 saturated carbocycles. The molecular weight excluding hydrogens is 334 g/mol. The fourth-order valence-corrected chi connectivity index (χ4v) is 2.43. The Labute approximate surface area is 123 Å². The lowest BCUT2D eigenvalue weighted by atomic mass is 10.2. The van der Waals surface area contributed by atoms with Crippen LogP contribution < -0.4 is 0 Å². The third-order valence-corrected chi connectivity index (χ3v) is 3.28. The molecule has 0 radical (unpaired) electrons. The van der Waals surface area contributed by atoms with Crippen LogP contribution in [0.1, 0.15) is 17.5 Å². The van der Waals surface area contributed by atoms with E-state index in [0.29, 0.717) is 10.8 Å². The summed E-state index contributed by atoms with van der Waals surface area (Å²) >= 11 is 9.31. The van der Waals surface area contributed by atoms with Gasteiger partial charge in [0.25, 0.3) is 5.82 Å². The number of benzene rings is 1. The highest BCUT2D eigenvalue weighted by Gasteiger charge is 2.18. The number of rotatable bonds is 3. The highest BCUT2D eigenvalue weighted by Crippen LogP contribution is 2.29. The van der Waals surface area contributed by atoms with Crippen molar-refractivity contribution >= 4 is 33.5 Å². The summed E-state index contributed by atoms with van der Waals surface area (Å²) in [6.45, 7) is 2.02. The molecule has 0 spiro atoms. The zero-order valence-electron chi connectivity index (χ0n) is 10.4. The minimum Gasteiger partial charge on any atom is -0.460 e. The molecule has 0 bridgehead atoms. The van der Waals surface area contributed by atoms with Gasteiger partial charge in [-0.3, -0.25) is 0 Å². The molecule has 19 heavy (non-hydrogen) atoms. The Morgan fingerprint density at radius 2 is 2.26 bits per heavy atom. The monoisotopic (exact) mass is 343 g/mol. The van der Waals surface area contributed by atoms with Crippen LogP contribution in [-0.2, 0) is 11.8 Å². The normalized spacial score (nSPS) is 10.5. The maximum atomic E-state index is 11.6. The first kappa shape index (κ1) is 14.0. The summed E-state index contributed by atoms with van der Waals surface area (Å²) in [6, 6.07) is 5.32. The lowest BCUT2D eigenvalue weighted by Crippen LogP contribution is -2.07. The van der Waals surface area contributed by atoms with Crippen molar-refractivity contribution in [3.8, 4) is 11.4 Å². The van der Waals surface area contributed by atoms with Crippen molar-refractivity contribution in [2.24, 2.45) is 7.05 Å². The number of aryl methyl sites for hydroxylation is 1. The maximum Gasteiger partial charge on any atom is 0.378 e. The number of hydrogen-bond donors (Lipinski definition) is 0. The first-order valence-electron chi connectivity index (χ1n) is 5.56. The van der Waals surface area contributed by atoms with Crippen LogP contribution in [0.4, 0.5) is 0 Å². The van der Waals surface area contributed by atoms with Gasteiger partial charge in [-0.25, -0.2) is 14.5 Å². The topological polar surface area (TPSA) is 57.0 Å². The van der Waals surface area contributed by atoms with Crippen molar-refractivity contribution in [2.75, 3.05) is 6.61 Å². The predicted molar refractivity (Wildman–Crippen MR) is 75.1 cm³/mol. The summed E-state index contributed by atoms with van der Waals surface area (Å²) in [5.41, 5.74) is 0.801. The van der Waals surface area contributed by atoms with Crippen LogP contribution in [0, 0.1) is 0 Å². The Hall–Kier alpha value is -1.40. The molecule has 0 amide bonds. The van der Waals surface area contributed by atoms with E-state index in [0.717, 1.165) is 10.0 Å². The van der Waals surface area contributed by atoms with Crippen molar-refractivity contribution in [2.45, 2.75) is 6.92 Å². The van der Waals surface area contributed by atoms with E-state index in [1.807, 2.05) is 6.07 Å². The Morgan fingerprint density at radius 1 is 1.53 bits per heavy atom. The zero-order valence-corrected chi connectivity index (χ0v) is 12.7. The number of nitrogens with zero attached hydrogens (tertiary/aromatic N) is 3. The molecule has 0 N–H and O–H groups in total. The van der Waals surface area contributed by atoms with E-state index in [2.05, 4.69) is 26.0 Å². The van der Waals surface area contributed by atoms with E-state index < -0.39 is 5.97 Å². The molecular formula is C12H11BrClN3O2. The standard InChI is InChI=1S/C12H11BrClN3O2/c1-3-19-12(18)10-15-11(17(2)16-10)8-5-4-7(14)6-9(8)13/h4-6H,3H2,1-2H3. The summed E-state index contributed by atoms with van der Waals surface area (Å²) < 4.78 is 7.18. The molecule has 0 aliphatic heterocycles. The summed E-state index contributed by atoms with van der Waals surface area (Å²) in [4.78, 5) is 15.8. The van der Waals surface area contributed by atoms with Crippen LogP contribution >= 0.6 is 27.5 Å². The Morgan fingerprint density at radius 3 is 2.89 bits per heavy atom. The van der Waals surface area contributed by atoms with Crippen molar-refractivity contribution in [1.82, 2.24) is 14.8 Å². The number of aromatic nitrogens is 3. The third-order valence-electron chi connectivity index (χ3n) is 2.39. The van der Waals surface area contributed by atoms with Gasteiger partial charge in [-0.05, 0) is 41.1 Å². The molecule has 1 aromatic heterocycles. The molecule has 0 aliphatic carbocycles. The zero-order chi connectivity index (χ0) is 14.0. The first-order chi connectivity index (χ1) is 9.02. The van der Waals surface area contributed by atoms with E-state index in [1.165, 1.54) is 4.68 Å². The van der Waals surface area contributed by atoms with Crippen molar-refractivity contribution in [3.05, 3.63) is 33.5 Å². The number of ether oxygens (including phenoxy) is 1. The third kappa shape index (κ3) is 2.96. The van der Waals surface area contributed by atoms with Gasteiger partial charge in [-0.2, -0.15) is 0 Å². The summed E-state index contributed by atoms with van der Waals surface area (Å²) in [5, 5.41) is 4.66. The van der Waals surface area contributed by atoms with Crippen LogP contribution in [0.5, 0.6) is 0 Å². The first-order valence-corrected chi connectivity index (χ1v) is 6.73. The molecule has 2 rings (SSSR count). The molecule has 0 aliphatic rings. The van der Waals surface area contributed by atoms with E-state index in [9.17, 15) is 4.79 Å². The minimum atomic E-state index is -0.533. The van der Waals surface area contributed by atoms with Gasteiger partial charge in [0.05, 0.1) is 6.61 Å². The predicted octanol–water partition coefficient (Wildman–Crippen LogP) is 3.07. The molecule has 5 nitrogen and oxygen atoms in total. The molecule has 2 aromatic rings. The van der Waals surface area contributed by atoms with Gasteiger partial charge in [0.15, 0.2) is 5.82 Å². The number of hydrogen-bond acceptors (Lipinski definition) is 4. The van der Waals surface area contributed by atoms with Crippen molar-refractivity contribution < 1.29 is 9.53 Å². The second kappa shape index (κ2) is 5.71. The number of carbonyl (C=O) groups excluding carboxylic acids is 1. The van der Waals surface area contributed by atoms with Gasteiger partial charge in [-0.1, -0.05) is 11.6 Å². The Bertz CT molecular complexity index is 627. The van der Waals surface area contributed by atoms with Gasteiger partial charge in [0.2, 0.25) is 0 Å². The highest BCUT2D eigenvalue weighted by atomic mass is 79.9. The molecule has 7 heteroatoms. The minimum absolute atomic E-state index is 0.0428. The number of carbonyl (C=O) groups is 1. The number of esters is 1. The fourth-order valence-electron chi connectivity index (χ4n) is 1.57. The second-order valence-corrected chi connectivity index (χ2v) is 5.02. The second-order valence-electron chi connectivity index (χ2n) is 3.73. The Balaban J connectivity index is 2.43. The summed E-state index contributed by atoms with van der Waals surface area (Å²) in [6.07, 6.45) is 0. The van der Waals surface area contributed by atoms with Crippen molar-refractivity contribution in [1.29, 1.82) is 0 Å². The van der Waals surface area contributed by atoms with E-state index in [1.54, 1.807) is 26.1 Å². The van der Waals surface area contributed by atoms with Gasteiger partial charge in [0.1, 0.15) is 0 Å². The SMILES string of the molecule is CCOC(=O)c1nc(-c2ccc(Cl)cc2Br)n(C)n1. The lowest BCUT2D eigenvalue weighted by molar-refractivity contribution is 0.0512. The van der Waals surface area contributed by atoms with Crippen LogP contribution in [0.2, 0.25) is 5.02 Å². The molecule has 100 valence electrons. The average Bonchev–Trinajstić information content (AvgIpc) is 2.72. The molecule has 0 unspecified atom stereocenters. The van der Waals surface area contributed by atoms with Crippen LogP contribution in [0.25, 0.3) is 11.4 Å². The average molecular weight is 345 g/mol. The van der Waals surface area contributed by atoms with E-state index >= 15 is 0 Å².